The van der Waals surface area contributed by atoms with E-state index in [9.17, 15) is 0 Å². The molecule has 0 aromatic carbocycles. The lowest BCUT2D eigenvalue weighted by atomic mass is 10.2. The van der Waals surface area contributed by atoms with Crippen molar-refractivity contribution in [2.45, 2.75) is 13.8 Å². The van der Waals surface area contributed by atoms with Crippen LogP contribution in [0.4, 0.5) is 0 Å². The van der Waals surface area contributed by atoms with Gasteiger partial charge in [-0.3, -0.25) is 0 Å². The van der Waals surface area contributed by atoms with Gasteiger partial charge >= 0.3 is 0 Å². The molecule has 2 nitrogen and oxygen atoms in total. The van der Waals surface area contributed by atoms with Crippen molar-refractivity contribution >= 4 is 0 Å². The molecular formula is C5H12N2. The van der Waals surface area contributed by atoms with Gasteiger partial charge < -0.3 is 11.5 Å². The lowest BCUT2D eigenvalue weighted by Crippen LogP contribution is -2.06. The van der Waals surface area contributed by atoms with Gasteiger partial charge in [-0.1, -0.05) is 0 Å². The van der Waals surface area contributed by atoms with Gasteiger partial charge in [0.2, 0.25) is 0 Å². The molecule has 0 bridgehead atoms. The normalized spacial score (nSPS) is 13.6. The fraction of sp³-hybridized carbons (Fsp3) is 0.600. The van der Waals surface area contributed by atoms with Crippen LogP contribution >= 0.6 is 0 Å². The van der Waals surface area contributed by atoms with E-state index in [1.807, 2.05) is 13.8 Å². The van der Waals surface area contributed by atoms with Crippen LogP contribution in [0.2, 0.25) is 0 Å². The van der Waals surface area contributed by atoms with Crippen molar-refractivity contribution < 1.29 is 0 Å². The maximum Gasteiger partial charge on any atom is 0.0153 e. The molecule has 7 heavy (non-hydrogen) atoms. The molecule has 0 unspecified atom stereocenters. The molecule has 0 rings (SSSR count). The van der Waals surface area contributed by atoms with Crippen molar-refractivity contribution in [3.05, 3.63) is 11.3 Å². The minimum absolute atomic E-state index is 0.572. The zero-order valence-corrected chi connectivity index (χ0v) is 4.86. The van der Waals surface area contributed by atoms with E-state index in [0.717, 1.165) is 11.3 Å². The Hall–Kier alpha value is -0.500. The van der Waals surface area contributed by atoms with E-state index in [2.05, 4.69) is 0 Å². The van der Waals surface area contributed by atoms with E-state index in [1.54, 1.807) is 0 Å². The molecule has 0 fully saturated rings. The standard InChI is InChI=1S/C5H12N2/c1-4(3-6)5(2)7/h3,6-7H2,1-2H3/b5-4-. The van der Waals surface area contributed by atoms with E-state index in [4.69, 9.17) is 11.5 Å². The second-order valence-corrected chi connectivity index (χ2v) is 1.67. The average Bonchev–Trinajstić information content (AvgIpc) is 1.65. The summed E-state index contributed by atoms with van der Waals surface area (Å²) in [6, 6.07) is 0. The van der Waals surface area contributed by atoms with Gasteiger partial charge in [0.25, 0.3) is 0 Å². The Bertz CT molecular complexity index is 80.1. The minimum Gasteiger partial charge on any atom is -0.402 e. The van der Waals surface area contributed by atoms with E-state index < -0.39 is 0 Å². The number of allylic oxidation sites excluding steroid dienone is 1. The molecule has 4 N–H and O–H groups in total. The largest absolute Gasteiger partial charge is 0.402 e. The van der Waals surface area contributed by atoms with Crippen molar-refractivity contribution in [1.82, 2.24) is 0 Å². The van der Waals surface area contributed by atoms with E-state index >= 15 is 0 Å². The molecule has 42 valence electrons. The topological polar surface area (TPSA) is 52.0 Å². The Morgan fingerprint density at radius 3 is 1.86 bits per heavy atom. The molecule has 0 aliphatic carbocycles. The highest BCUT2D eigenvalue weighted by Crippen LogP contribution is 1.90. The van der Waals surface area contributed by atoms with Gasteiger partial charge in [0, 0.05) is 12.2 Å². The van der Waals surface area contributed by atoms with Crippen LogP contribution < -0.4 is 11.5 Å². The lowest BCUT2D eigenvalue weighted by Gasteiger charge is -1.95. The van der Waals surface area contributed by atoms with Gasteiger partial charge in [-0.25, -0.2) is 0 Å². The second-order valence-electron chi connectivity index (χ2n) is 1.67. The first-order valence-corrected chi connectivity index (χ1v) is 2.30. The minimum atomic E-state index is 0.572. The SMILES string of the molecule is C/C(N)=C(\C)CN. The van der Waals surface area contributed by atoms with Gasteiger partial charge in [-0.2, -0.15) is 0 Å². The zero-order chi connectivity index (χ0) is 5.86. The van der Waals surface area contributed by atoms with Crippen molar-refractivity contribution in [3.8, 4) is 0 Å². The van der Waals surface area contributed by atoms with Crippen LogP contribution in [0, 0.1) is 0 Å². The van der Waals surface area contributed by atoms with Gasteiger partial charge in [0.05, 0.1) is 0 Å². The first-order valence-electron chi connectivity index (χ1n) is 2.30. The Balaban J connectivity index is 3.72. The summed E-state index contributed by atoms with van der Waals surface area (Å²) in [7, 11) is 0. The molecule has 0 aromatic rings. The molecule has 0 spiro atoms. The maximum atomic E-state index is 5.35. The number of hydrogen-bond acceptors (Lipinski definition) is 2. The van der Waals surface area contributed by atoms with Crippen LogP contribution in [0.15, 0.2) is 11.3 Å². The summed E-state index contributed by atoms with van der Waals surface area (Å²) in [6.45, 7) is 4.35. The predicted octanol–water partition coefficient (Wildman–Crippen LogP) is 0.198. The molecule has 0 aromatic heterocycles. The monoisotopic (exact) mass is 100 g/mol. The molecule has 0 amide bonds. The van der Waals surface area contributed by atoms with Crippen molar-refractivity contribution in [3.63, 3.8) is 0 Å². The molecule has 0 aliphatic heterocycles. The highest BCUT2D eigenvalue weighted by molar-refractivity contribution is 5.06. The Morgan fingerprint density at radius 2 is 1.86 bits per heavy atom. The molecule has 2 heteroatoms. The summed E-state index contributed by atoms with van der Waals surface area (Å²) in [4.78, 5) is 0. The summed E-state index contributed by atoms with van der Waals surface area (Å²) in [5.41, 5.74) is 12.5. The Morgan fingerprint density at radius 1 is 1.43 bits per heavy atom. The predicted molar refractivity (Wildman–Crippen MR) is 31.6 cm³/mol. The summed E-state index contributed by atoms with van der Waals surface area (Å²) in [5.74, 6) is 0. The molecule has 0 radical (unpaired) electrons. The third-order valence-electron chi connectivity index (χ3n) is 0.979. The molecular weight excluding hydrogens is 88.1 g/mol. The maximum absolute atomic E-state index is 5.35. The highest BCUT2D eigenvalue weighted by Gasteiger charge is 1.83. The summed E-state index contributed by atoms with van der Waals surface area (Å²) in [6.07, 6.45) is 0. The third-order valence-corrected chi connectivity index (χ3v) is 0.979. The van der Waals surface area contributed by atoms with Crippen molar-refractivity contribution in [1.29, 1.82) is 0 Å². The quantitative estimate of drug-likeness (QED) is 0.494. The van der Waals surface area contributed by atoms with E-state index in [1.165, 1.54) is 0 Å². The fourth-order valence-corrected chi connectivity index (χ4v) is 0.161. The van der Waals surface area contributed by atoms with Gasteiger partial charge in [-0.05, 0) is 19.4 Å². The van der Waals surface area contributed by atoms with Crippen molar-refractivity contribution in [2.24, 2.45) is 11.5 Å². The van der Waals surface area contributed by atoms with Crippen molar-refractivity contribution in [2.75, 3.05) is 6.54 Å². The highest BCUT2D eigenvalue weighted by atomic mass is 14.6. The summed E-state index contributed by atoms with van der Waals surface area (Å²) in [5, 5.41) is 0. The van der Waals surface area contributed by atoms with Gasteiger partial charge in [-0.15, -0.1) is 0 Å². The fourth-order valence-electron chi connectivity index (χ4n) is 0.161. The van der Waals surface area contributed by atoms with Gasteiger partial charge in [0.1, 0.15) is 0 Å². The molecule has 0 saturated carbocycles. The molecule has 0 heterocycles. The van der Waals surface area contributed by atoms with Crippen LogP contribution in [0.5, 0.6) is 0 Å². The Kier molecular flexibility index (Phi) is 2.45. The zero-order valence-electron chi connectivity index (χ0n) is 4.86. The first kappa shape index (κ1) is 6.50. The number of rotatable bonds is 1. The summed E-state index contributed by atoms with van der Waals surface area (Å²) < 4.78 is 0. The Labute approximate surface area is 44.2 Å². The average molecular weight is 100 g/mol. The summed E-state index contributed by atoms with van der Waals surface area (Å²) >= 11 is 0. The van der Waals surface area contributed by atoms with Crippen LogP contribution in [0.3, 0.4) is 0 Å². The molecule has 0 saturated heterocycles. The lowest BCUT2D eigenvalue weighted by molar-refractivity contribution is 1.07. The number of hydrogen-bond donors (Lipinski definition) is 2. The van der Waals surface area contributed by atoms with E-state index in [-0.39, 0.29) is 0 Å². The smallest absolute Gasteiger partial charge is 0.0153 e. The van der Waals surface area contributed by atoms with Crippen LogP contribution in [0.25, 0.3) is 0 Å². The molecule has 0 aliphatic rings. The van der Waals surface area contributed by atoms with Crippen LogP contribution in [-0.4, -0.2) is 6.54 Å². The second kappa shape index (κ2) is 2.64. The van der Waals surface area contributed by atoms with Crippen LogP contribution in [-0.2, 0) is 0 Å². The van der Waals surface area contributed by atoms with Gasteiger partial charge in [0.15, 0.2) is 0 Å². The number of nitrogens with two attached hydrogens (primary N) is 2. The van der Waals surface area contributed by atoms with E-state index in [0.29, 0.717) is 6.54 Å². The van der Waals surface area contributed by atoms with Crippen LogP contribution in [0.1, 0.15) is 13.8 Å². The molecule has 0 atom stereocenters. The third kappa shape index (κ3) is 2.23. The first-order chi connectivity index (χ1) is 3.18.